The third-order valence-corrected chi connectivity index (χ3v) is 6.91. The highest BCUT2D eigenvalue weighted by Gasteiger charge is 2.25. The molecule has 1 atom stereocenters. The average molecular weight is 482 g/mol. The van der Waals surface area contributed by atoms with Crippen molar-refractivity contribution in [2.75, 3.05) is 12.3 Å². The van der Waals surface area contributed by atoms with Crippen molar-refractivity contribution in [1.29, 1.82) is 0 Å². The number of sulfonamides is 1. The maximum absolute atomic E-state index is 12.5. The molecular formula is C20H23N3O7S2. The van der Waals surface area contributed by atoms with Gasteiger partial charge in [-0.1, -0.05) is 44.2 Å². The molecule has 172 valence electrons. The van der Waals surface area contributed by atoms with Gasteiger partial charge in [0.15, 0.2) is 0 Å². The number of nitrogens with two attached hydrogens (primary N) is 1. The fraction of sp³-hybridized carbons (Fsp3) is 0.300. The van der Waals surface area contributed by atoms with Crippen molar-refractivity contribution in [3.8, 4) is 0 Å². The van der Waals surface area contributed by atoms with Gasteiger partial charge in [0.25, 0.3) is 11.6 Å². The van der Waals surface area contributed by atoms with Gasteiger partial charge in [0.2, 0.25) is 16.1 Å². The van der Waals surface area contributed by atoms with E-state index >= 15 is 0 Å². The van der Waals surface area contributed by atoms with E-state index in [9.17, 15) is 28.1 Å². The van der Waals surface area contributed by atoms with Gasteiger partial charge in [0.1, 0.15) is 6.54 Å². The Morgan fingerprint density at radius 2 is 1.84 bits per heavy atom. The van der Waals surface area contributed by atoms with Crippen LogP contribution in [0.2, 0.25) is 0 Å². The lowest BCUT2D eigenvalue weighted by atomic mass is 10.1. The predicted molar refractivity (Wildman–Crippen MR) is 118 cm³/mol. The van der Waals surface area contributed by atoms with Crippen LogP contribution in [0.25, 0.3) is 0 Å². The largest absolute Gasteiger partial charge is 0.446 e. The first-order valence-corrected chi connectivity index (χ1v) is 11.9. The van der Waals surface area contributed by atoms with E-state index in [1.807, 2.05) is 18.6 Å². The number of rotatable bonds is 11. The monoisotopic (exact) mass is 481 g/mol. The van der Waals surface area contributed by atoms with Gasteiger partial charge in [-0.2, -0.15) is 4.72 Å². The number of thioether (sulfide) groups is 1. The highest BCUT2D eigenvalue weighted by atomic mass is 32.2. The predicted octanol–water partition coefficient (Wildman–Crippen LogP) is 2.39. The molecule has 2 rings (SSSR count). The molecule has 0 aliphatic heterocycles. The van der Waals surface area contributed by atoms with Crippen LogP contribution >= 0.6 is 11.8 Å². The molecule has 0 radical (unpaired) electrons. The summed E-state index contributed by atoms with van der Waals surface area (Å²) in [6.45, 7) is 3.12. The number of carbonyl (C=O) groups excluding carboxylic acids is 2. The van der Waals surface area contributed by atoms with Crippen molar-refractivity contribution < 1.29 is 27.7 Å². The van der Waals surface area contributed by atoms with Gasteiger partial charge in [-0.3, -0.25) is 19.7 Å². The number of nitrogens with zero attached hydrogens (tertiary/aromatic N) is 1. The molecule has 0 aliphatic carbocycles. The zero-order chi connectivity index (χ0) is 23.9. The Hall–Kier alpha value is -2.96. The molecule has 0 unspecified atom stereocenters. The van der Waals surface area contributed by atoms with Crippen molar-refractivity contribution in [3.05, 3.63) is 64.2 Å². The second kappa shape index (κ2) is 11.1. The summed E-state index contributed by atoms with van der Waals surface area (Å²) in [6.07, 6.45) is -1.38. The van der Waals surface area contributed by atoms with E-state index in [0.717, 1.165) is 6.07 Å². The minimum Gasteiger partial charge on any atom is -0.446 e. The zero-order valence-electron chi connectivity index (χ0n) is 17.4. The van der Waals surface area contributed by atoms with Crippen molar-refractivity contribution in [3.63, 3.8) is 0 Å². The molecule has 2 aromatic rings. The second-order valence-electron chi connectivity index (χ2n) is 7.10. The fourth-order valence-corrected chi connectivity index (χ4v) is 4.46. The molecule has 0 heterocycles. The van der Waals surface area contributed by atoms with Crippen molar-refractivity contribution in [1.82, 2.24) is 4.72 Å². The van der Waals surface area contributed by atoms with E-state index in [2.05, 4.69) is 0 Å². The quantitative estimate of drug-likeness (QED) is 0.214. The molecule has 2 aromatic carbocycles. The number of hydrogen-bond acceptors (Lipinski definition) is 8. The molecule has 10 nitrogen and oxygen atoms in total. The number of amides is 1. The van der Waals surface area contributed by atoms with E-state index in [1.54, 1.807) is 18.2 Å². The Balaban J connectivity index is 2.12. The Kier molecular flexibility index (Phi) is 8.75. The Morgan fingerprint density at radius 1 is 1.19 bits per heavy atom. The summed E-state index contributed by atoms with van der Waals surface area (Å²) in [4.78, 5) is 34.4. The Morgan fingerprint density at radius 3 is 2.41 bits per heavy atom. The van der Waals surface area contributed by atoms with Crippen molar-refractivity contribution in [2.24, 2.45) is 11.7 Å². The van der Waals surface area contributed by atoms with Crippen molar-refractivity contribution in [2.45, 2.75) is 29.7 Å². The summed E-state index contributed by atoms with van der Waals surface area (Å²) in [5.41, 5.74) is 5.26. The van der Waals surface area contributed by atoms with Crippen molar-refractivity contribution >= 4 is 39.3 Å². The molecule has 0 saturated heterocycles. The van der Waals surface area contributed by atoms with Gasteiger partial charge in [-0.05, 0) is 18.1 Å². The lowest BCUT2D eigenvalue weighted by molar-refractivity contribution is -0.388. The highest BCUT2D eigenvalue weighted by molar-refractivity contribution is 7.99. The van der Waals surface area contributed by atoms with E-state index in [-0.39, 0.29) is 16.5 Å². The molecule has 0 bridgehead atoms. The van der Waals surface area contributed by atoms with Crippen LogP contribution in [0, 0.1) is 16.0 Å². The molecular weight excluding hydrogens is 458 g/mol. The number of nitrogens with one attached hydrogen (secondary N) is 1. The number of esters is 1. The summed E-state index contributed by atoms with van der Waals surface area (Å²) < 4.78 is 32.1. The topological polar surface area (TPSA) is 159 Å². The van der Waals surface area contributed by atoms with Gasteiger partial charge in [-0.15, -0.1) is 11.8 Å². The number of benzene rings is 2. The van der Waals surface area contributed by atoms with Crippen LogP contribution < -0.4 is 10.5 Å². The first kappa shape index (κ1) is 25.3. The maximum Gasteiger partial charge on any atom is 0.322 e. The zero-order valence-corrected chi connectivity index (χ0v) is 19.0. The third-order valence-electron chi connectivity index (χ3n) is 4.03. The van der Waals surface area contributed by atoms with E-state index in [1.165, 1.54) is 36.0 Å². The lowest BCUT2D eigenvalue weighted by Gasteiger charge is -2.15. The SMILES string of the molecule is CC(C)CSc1ccc(S(=O)(=O)NCC(=O)O[C@@H](C(N)=O)c2ccccc2)cc1[N+](=O)[O-]. The summed E-state index contributed by atoms with van der Waals surface area (Å²) in [7, 11) is -4.26. The summed E-state index contributed by atoms with van der Waals surface area (Å²) >= 11 is 1.25. The standard InChI is InChI=1S/C20H23N3O7S2/c1-13(2)12-31-17-9-8-15(10-16(17)23(26)27)32(28,29)22-11-18(24)30-19(20(21)25)14-6-4-3-5-7-14/h3-10,13,19,22H,11-12H2,1-2H3,(H2,21,25)/t19-/m1/s1. The van der Waals surface area contributed by atoms with Gasteiger partial charge in [-0.25, -0.2) is 8.42 Å². The lowest BCUT2D eigenvalue weighted by Crippen LogP contribution is -2.34. The minimum atomic E-state index is -4.26. The molecule has 12 heteroatoms. The second-order valence-corrected chi connectivity index (χ2v) is 9.93. The van der Waals surface area contributed by atoms with E-state index in [4.69, 9.17) is 10.5 Å². The fourth-order valence-electron chi connectivity index (χ4n) is 2.51. The van der Waals surface area contributed by atoms with Crippen LogP contribution in [0.15, 0.2) is 58.3 Å². The maximum atomic E-state index is 12.5. The molecule has 0 fully saturated rings. The first-order valence-electron chi connectivity index (χ1n) is 9.46. The van der Waals surface area contributed by atoms with Crippen LogP contribution in [0.5, 0.6) is 0 Å². The van der Waals surface area contributed by atoms with Gasteiger partial charge in [0, 0.05) is 17.4 Å². The van der Waals surface area contributed by atoms with Gasteiger partial charge >= 0.3 is 5.97 Å². The van der Waals surface area contributed by atoms with E-state index in [0.29, 0.717) is 16.2 Å². The summed E-state index contributed by atoms with van der Waals surface area (Å²) in [6, 6.07) is 11.5. The minimum absolute atomic E-state index is 0.288. The van der Waals surface area contributed by atoms with Crippen LogP contribution in [-0.2, 0) is 24.3 Å². The number of nitro benzene ring substituents is 1. The highest BCUT2D eigenvalue weighted by Crippen LogP contribution is 2.32. The number of nitro groups is 1. The molecule has 0 aliphatic rings. The smallest absolute Gasteiger partial charge is 0.322 e. The van der Waals surface area contributed by atoms with Crippen LogP contribution in [-0.4, -0.2) is 37.5 Å². The Labute approximate surface area is 189 Å². The molecule has 0 aromatic heterocycles. The van der Waals surface area contributed by atoms with Crippen LogP contribution in [0.1, 0.15) is 25.5 Å². The normalized spacial score (nSPS) is 12.3. The molecule has 0 spiro atoms. The number of carbonyl (C=O) groups is 2. The van der Waals surface area contributed by atoms with Crippen LogP contribution in [0.4, 0.5) is 5.69 Å². The first-order chi connectivity index (χ1) is 15.0. The summed E-state index contributed by atoms with van der Waals surface area (Å²) in [5.74, 6) is -1.05. The average Bonchev–Trinajstić information content (AvgIpc) is 2.74. The van der Waals surface area contributed by atoms with Gasteiger partial charge < -0.3 is 10.5 Å². The van der Waals surface area contributed by atoms with Gasteiger partial charge in [0.05, 0.1) is 14.7 Å². The molecule has 3 N–H and O–H groups in total. The number of primary amides is 1. The molecule has 1 amide bonds. The Bertz CT molecular complexity index is 1090. The molecule has 0 saturated carbocycles. The third kappa shape index (κ3) is 7.04. The van der Waals surface area contributed by atoms with Crippen LogP contribution in [0.3, 0.4) is 0 Å². The van der Waals surface area contributed by atoms with E-state index < -0.39 is 39.5 Å². The number of hydrogen-bond donors (Lipinski definition) is 2. The number of ether oxygens (including phenoxy) is 1. The molecule has 32 heavy (non-hydrogen) atoms. The summed E-state index contributed by atoms with van der Waals surface area (Å²) in [5, 5.41) is 11.4.